The third kappa shape index (κ3) is 6.53. The van der Waals surface area contributed by atoms with E-state index in [1.54, 1.807) is 6.20 Å². The summed E-state index contributed by atoms with van der Waals surface area (Å²) in [5.74, 6) is 1.91. The molecule has 0 saturated heterocycles. The van der Waals surface area contributed by atoms with Crippen molar-refractivity contribution in [2.45, 2.75) is 39.7 Å². The van der Waals surface area contributed by atoms with Gasteiger partial charge in [0, 0.05) is 41.9 Å². The van der Waals surface area contributed by atoms with Crippen molar-refractivity contribution in [1.29, 1.82) is 0 Å². The number of carbonyl (C=O) groups is 1. The van der Waals surface area contributed by atoms with E-state index in [9.17, 15) is 4.79 Å². The van der Waals surface area contributed by atoms with Gasteiger partial charge in [-0.3, -0.25) is 9.69 Å². The maximum Gasteiger partial charge on any atom is 0.234 e. The van der Waals surface area contributed by atoms with Crippen LogP contribution in [0.1, 0.15) is 37.8 Å². The molecule has 0 aliphatic carbocycles. The number of hydrogen-bond donors (Lipinski definition) is 2. The molecule has 2 aromatic heterocycles. The monoisotopic (exact) mass is 512 g/mol. The van der Waals surface area contributed by atoms with Gasteiger partial charge in [-0.15, -0.1) is 0 Å². The number of aromatic amines is 1. The first-order valence-corrected chi connectivity index (χ1v) is 13.3. The molecule has 0 unspecified atom stereocenters. The highest BCUT2D eigenvalue weighted by Crippen LogP contribution is 2.34. The van der Waals surface area contributed by atoms with Crippen molar-refractivity contribution in [1.82, 2.24) is 20.2 Å². The SMILES string of the molecule is CC1(C)CCCN(CC(=O)NCCc2c[nH]c3ccccc23)Cc2cccnc2Oc2ccccc2OC1. The molecule has 198 valence electrons. The molecule has 38 heavy (non-hydrogen) atoms. The second kappa shape index (κ2) is 11.7. The average molecular weight is 513 g/mol. The Morgan fingerprint density at radius 3 is 2.79 bits per heavy atom. The minimum Gasteiger partial charge on any atom is -0.489 e. The molecule has 0 radical (unpaired) electrons. The zero-order valence-corrected chi connectivity index (χ0v) is 22.2. The standard InChI is InChI=1S/C31H36N4O3/c1-31(2)15-8-18-35(21-29(36)32-17-14-23-19-34-26-11-4-3-10-25(23)26)20-24-9-7-16-33-30(24)38-28-13-6-5-12-27(28)37-22-31/h3-7,9-13,16,19,34H,8,14-15,17-18,20-22H2,1-2H3,(H,32,36). The van der Waals surface area contributed by atoms with Crippen molar-refractivity contribution in [3.05, 3.63) is 84.2 Å². The Morgan fingerprint density at radius 2 is 1.89 bits per heavy atom. The Labute approximate surface area is 224 Å². The summed E-state index contributed by atoms with van der Waals surface area (Å²) in [5.41, 5.74) is 3.26. The summed E-state index contributed by atoms with van der Waals surface area (Å²) < 4.78 is 12.4. The number of pyridine rings is 1. The molecule has 0 fully saturated rings. The molecule has 0 atom stereocenters. The molecule has 7 nitrogen and oxygen atoms in total. The molecule has 2 N–H and O–H groups in total. The van der Waals surface area contributed by atoms with Gasteiger partial charge in [0.15, 0.2) is 11.5 Å². The lowest BCUT2D eigenvalue weighted by atomic mass is 9.88. The summed E-state index contributed by atoms with van der Waals surface area (Å²) in [6.45, 7) is 7.29. The van der Waals surface area contributed by atoms with Gasteiger partial charge in [0.25, 0.3) is 0 Å². The highest BCUT2D eigenvalue weighted by Gasteiger charge is 2.23. The van der Waals surface area contributed by atoms with Crippen LogP contribution in [-0.4, -0.2) is 47.0 Å². The third-order valence-corrected chi connectivity index (χ3v) is 7.00. The van der Waals surface area contributed by atoms with E-state index < -0.39 is 0 Å². The second-order valence-electron chi connectivity index (χ2n) is 10.7. The Kier molecular flexibility index (Phi) is 7.94. The number of carbonyl (C=O) groups excluding carboxylic acids is 1. The van der Waals surface area contributed by atoms with Gasteiger partial charge >= 0.3 is 0 Å². The Balaban J connectivity index is 1.28. The molecule has 1 aliphatic rings. The van der Waals surface area contributed by atoms with Crippen LogP contribution in [-0.2, 0) is 17.8 Å². The summed E-state index contributed by atoms with van der Waals surface area (Å²) in [6.07, 6.45) is 6.48. The van der Waals surface area contributed by atoms with E-state index >= 15 is 0 Å². The topological polar surface area (TPSA) is 79.5 Å². The van der Waals surface area contributed by atoms with Crippen LogP contribution in [0.15, 0.2) is 73.1 Å². The Morgan fingerprint density at radius 1 is 1.08 bits per heavy atom. The third-order valence-electron chi connectivity index (χ3n) is 7.00. The van der Waals surface area contributed by atoms with Crippen LogP contribution < -0.4 is 14.8 Å². The lowest BCUT2D eigenvalue weighted by molar-refractivity contribution is -0.122. The maximum absolute atomic E-state index is 13.0. The smallest absolute Gasteiger partial charge is 0.234 e. The maximum atomic E-state index is 13.0. The van der Waals surface area contributed by atoms with Crippen molar-refractivity contribution in [3.63, 3.8) is 0 Å². The van der Waals surface area contributed by atoms with Gasteiger partial charge in [0.05, 0.1) is 13.2 Å². The first kappa shape index (κ1) is 25.8. The normalized spacial score (nSPS) is 16.1. The number of nitrogens with zero attached hydrogens (tertiary/aromatic N) is 2. The number of H-pyrrole nitrogens is 1. The predicted molar refractivity (Wildman–Crippen MR) is 150 cm³/mol. The summed E-state index contributed by atoms with van der Waals surface area (Å²) in [6, 6.07) is 19.9. The molecule has 0 spiro atoms. The molecule has 1 amide bonds. The number of fused-ring (bicyclic) bond motifs is 3. The number of nitrogens with one attached hydrogen (secondary N) is 2. The largest absolute Gasteiger partial charge is 0.489 e. The summed E-state index contributed by atoms with van der Waals surface area (Å²) in [4.78, 5) is 23.0. The van der Waals surface area contributed by atoms with Crippen LogP contribution in [0.5, 0.6) is 17.4 Å². The van der Waals surface area contributed by atoms with Gasteiger partial charge in [-0.25, -0.2) is 4.98 Å². The van der Waals surface area contributed by atoms with E-state index in [1.807, 2.05) is 54.7 Å². The van der Waals surface area contributed by atoms with Crippen LogP contribution >= 0.6 is 0 Å². The Bertz CT molecular complexity index is 1380. The van der Waals surface area contributed by atoms with Gasteiger partial charge in [0.1, 0.15) is 0 Å². The molecule has 2 aromatic carbocycles. The van der Waals surface area contributed by atoms with Gasteiger partial charge in [-0.05, 0) is 61.1 Å². The minimum atomic E-state index is -0.0144. The van der Waals surface area contributed by atoms with E-state index in [0.717, 1.165) is 36.9 Å². The molecule has 7 heteroatoms. The first-order valence-electron chi connectivity index (χ1n) is 13.3. The lowest BCUT2D eigenvalue weighted by Gasteiger charge is -2.27. The van der Waals surface area contributed by atoms with Crippen molar-refractivity contribution in [2.75, 3.05) is 26.2 Å². The van der Waals surface area contributed by atoms with E-state index in [4.69, 9.17) is 9.47 Å². The zero-order chi connectivity index (χ0) is 26.4. The Hall–Kier alpha value is -3.84. The number of amides is 1. The summed E-state index contributed by atoms with van der Waals surface area (Å²) in [5, 5.41) is 4.33. The predicted octanol–water partition coefficient (Wildman–Crippen LogP) is 5.71. The van der Waals surface area contributed by atoms with Crippen LogP contribution in [0.4, 0.5) is 0 Å². The molecule has 0 saturated carbocycles. The number of benzene rings is 2. The summed E-state index contributed by atoms with van der Waals surface area (Å²) in [7, 11) is 0. The zero-order valence-electron chi connectivity index (χ0n) is 22.2. The number of hydrogen-bond acceptors (Lipinski definition) is 5. The van der Waals surface area contributed by atoms with Crippen LogP contribution in [0.2, 0.25) is 0 Å². The number of rotatable bonds is 5. The van der Waals surface area contributed by atoms with E-state index in [2.05, 4.69) is 46.2 Å². The van der Waals surface area contributed by atoms with Gasteiger partial charge in [0.2, 0.25) is 11.8 Å². The van der Waals surface area contributed by atoms with Crippen LogP contribution in [0.3, 0.4) is 0 Å². The highest BCUT2D eigenvalue weighted by atomic mass is 16.5. The quantitative estimate of drug-likeness (QED) is 0.358. The fourth-order valence-corrected chi connectivity index (χ4v) is 4.91. The lowest BCUT2D eigenvalue weighted by Crippen LogP contribution is -2.38. The summed E-state index contributed by atoms with van der Waals surface area (Å²) >= 11 is 0. The van der Waals surface area contributed by atoms with Crippen molar-refractivity contribution < 1.29 is 14.3 Å². The first-order chi connectivity index (χ1) is 18.5. The van der Waals surface area contributed by atoms with Gasteiger partial charge in [-0.2, -0.15) is 0 Å². The number of aromatic nitrogens is 2. The molecular formula is C31H36N4O3. The average Bonchev–Trinajstić information content (AvgIpc) is 3.32. The van der Waals surface area contributed by atoms with Gasteiger partial charge in [-0.1, -0.05) is 50.2 Å². The minimum absolute atomic E-state index is 0.0144. The fraction of sp³-hybridized carbons (Fsp3) is 0.355. The molecule has 5 rings (SSSR count). The molecule has 0 bridgehead atoms. The molecule has 1 aliphatic heterocycles. The molecule has 3 heterocycles. The number of para-hydroxylation sites is 3. The molecule has 4 aromatic rings. The van der Waals surface area contributed by atoms with Crippen molar-refractivity contribution in [3.8, 4) is 17.4 Å². The van der Waals surface area contributed by atoms with Crippen molar-refractivity contribution >= 4 is 16.8 Å². The van der Waals surface area contributed by atoms with E-state index in [0.29, 0.717) is 43.6 Å². The fourth-order valence-electron chi connectivity index (χ4n) is 4.91. The van der Waals surface area contributed by atoms with E-state index in [1.165, 1.54) is 10.9 Å². The van der Waals surface area contributed by atoms with Crippen LogP contribution in [0.25, 0.3) is 10.9 Å². The number of ether oxygens (including phenoxy) is 2. The van der Waals surface area contributed by atoms with Crippen LogP contribution in [0, 0.1) is 5.41 Å². The molecular weight excluding hydrogens is 476 g/mol. The highest BCUT2D eigenvalue weighted by molar-refractivity contribution is 5.83. The van der Waals surface area contributed by atoms with Gasteiger partial charge < -0.3 is 19.8 Å². The second-order valence-corrected chi connectivity index (χ2v) is 10.7. The van der Waals surface area contributed by atoms with Crippen molar-refractivity contribution in [2.24, 2.45) is 5.41 Å². The van der Waals surface area contributed by atoms with E-state index in [-0.39, 0.29) is 11.3 Å².